The van der Waals surface area contributed by atoms with Crippen molar-refractivity contribution in [1.82, 2.24) is 10.2 Å². The van der Waals surface area contributed by atoms with Crippen LogP contribution >= 0.6 is 0 Å². The lowest BCUT2D eigenvalue weighted by atomic mass is 9.95. The predicted octanol–water partition coefficient (Wildman–Crippen LogP) is 2.79. The highest BCUT2D eigenvalue weighted by molar-refractivity contribution is 5.82. The third-order valence-corrected chi connectivity index (χ3v) is 5.42. The van der Waals surface area contributed by atoms with Gasteiger partial charge >= 0.3 is 0 Å². The molecule has 0 atom stereocenters. The molecule has 0 spiro atoms. The van der Waals surface area contributed by atoms with Gasteiger partial charge in [0.15, 0.2) is 11.5 Å². The third kappa shape index (κ3) is 5.40. The van der Waals surface area contributed by atoms with Crippen LogP contribution in [0.25, 0.3) is 0 Å². The molecule has 1 heterocycles. The van der Waals surface area contributed by atoms with Gasteiger partial charge in [-0.3, -0.25) is 9.59 Å². The van der Waals surface area contributed by atoms with E-state index < -0.39 is 0 Å². The topological polar surface area (TPSA) is 67.9 Å². The summed E-state index contributed by atoms with van der Waals surface area (Å²) in [7, 11) is 0. The van der Waals surface area contributed by atoms with E-state index in [2.05, 4.69) is 5.32 Å². The Bertz CT molecular complexity index is 679. The van der Waals surface area contributed by atoms with Crippen LogP contribution in [0.4, 0.5) is 0 Å². The van der Waals surface area contributed by atoms with Gasteiger partial charge in [0.25, 0.3) is 0 Å². The molecule has 2 aliphatic rings. The Kier molecular flexibility index (Phi) is 7.18. The Labute approximate surface area is 167 Å². The summed E-state index contributed by atoms with van der Waals surface area (Å²) < 4.78 is 11.2. The Morgan fingerprint density at radius 2 is 1.68 bits per heavy atom. The molecule has 28 heavy (non-hydrogen) atoms. The average molecular weight is 389 g/mol. The monoisotopic (exact) mass is 388 g/mol. The summed E-state index contributed by atoms with van der Waals surface area (Å²) in [4.78, 5) is 26.5. The van der Waals surface area contributed by atoms with Gasteiger partial charge < -0.3 is 19.7 Å². The smallest absolute Gasteiger partial charge is 0.225 e. The van der Waals surface area contributed by atoms with Crippen molar-refractivity contribution in [3.8, 4) is 11.5 Å². The summed E-state index contributed by atoms with van der Waals surface area (Å²) in [6.45, 7) is 7.11. The van der Waals surface area contributed by atoms with Crippen molar-refractivity contribution in [1.29, 1.82) is 0 Å². The molecule has 1 N–H and O–H groups in total. The lowest BCUT2D eigenvalue weighted by Gasteiger charge is -2.31. The van der Waals surface area contributed by atoms with Crippen molar-refractivity contribution in [2.45, 2.75) is 46.0 Å². The number of carbonyl (C=O) groups is 2. The maximum atomic E-state index is 12.5. The first-order valence-electron chi connectivity index (χ1n) is 10.6. The Morgan fingerprint density at radius 1 is 1.00 bits per heavy atom. The molecular weight excluding hydrogens is 356 g/mol. The first-order valence-corrected chi connectivity index (χ1v) is 10.6. The van der Waals surface area contributed by atoms with E-state index in [9.17, 15) is 9.59 Å². The van der Waals surface area contributed by atoms with Gasteiger partial charge in [0.1, 0.15) is 0 Å². The summed E-state index contributed by atoms with van der Waals surface area (Å²) >= 11 is 0. The molecule has 1 aliphatic heterocycles. The van der Waals surface area contributed by atoms with E-state index in [0.717, 1.165) is 49.2 Å². The van der Waals surface area contributed by atoms with Gasteiger partial charge in [-0.05, 0) is 63.6 Å². The molecule has 0 bridgehead atoms. The van der Waals surface area contributed by atoms with Crippen LogP contribution < -0.4 is 14.8 Å². The highest BCUT2D eigenvalue weighted by Gasteiger charge is 2.35. The summed E-state index contributed by atoms with van der Waals surface area (Å²) in [5.74, 6) is 2.18. The minimum atomic E-state index is 0.0163. The highest BCUT2D eigenvalue weighted by atomic mass is 16.5. The molecule has 0 unspecified atom stereocenters. The number of benzene rings is 1. The zero-order valence-corrected chi connectivity index (χ0v) is 17.0. The molecule has 1 aliphatic carbocycles. The Balaban J connectivity index is 1.42. The molecule has 3 rings (SSSR count). The van der Waals surface area contributed by atoms with Crippen LogP contribution in [0.2, 0.25) is 0 Å². The second-order valence-corrected chi connectivity index (χ2v) is 7.56. The van der Waals surface area contributed by atoms with E-state index in [1.54, 1.807) is 0 Å². The van der Waals surface area contributed by atoms with Crippen LogP contribution in [-0.2, 0) is 16.0 Å². The Morgan fingerprint density at radius 3 is 2.32 bits per heavy atom. The molecule has 2 amide bonds. The predicted molar refractivity (Wildman–Crippen MR) is 108 cm³/mol. The molecule has 6 heteroatoms. The maximum Gasteiger partial charge on any atom is 0.225 e. The molecule has 6 nitrogen and oxygen atoms in total. The van der Waals surface area contributed by atoms with Crippen LogP contribution in [0, 0.1) is 11.8 Å². The highest BCUT2D eigenvalue weighted by Crippen LogP contribution is 2.32. The Hall–Kier alpha value is -2.24. The fraction of sp³-hybridized carbons (Fsp3) is 0.636. The summed E-state index contributed by atoms with van der Waals surface area (Å²) in [6, 6.07) is 5.93. The fourth-order valence-electron chi connectivity index (χ4n) is 3.68. The number of hydrogen-bond acceptors (Lipinski definition) is 4. The standard InChI is InChI=1S/C22H32N2O4/c1-3-27-19-8-5-16(15-20(19)28-4-2)9-12-23-21(25)17-10-13-24(14-11-17)22(26)18-6-7-18/h5,8,15,17-18H,3-4,6-7,9-14H2,1-2H3,(H,23,25). The number of carbonyl (C=O) groups excluding carboxylic acids is 2. The largest absolute Gasteiger partial charge is 0.490 e. The second kappa shape index (κ2) is 9.80. The lowest BCUT2D eigenvalue weighted by molar-refractivity contribution is -0.136. The van der Waals surface area contributed by atoms with Gasteiger partial charge in [-0.25, -0.2) is 0 Å². The quantitative estimate of drug-likeness (QED) is 0.706. The van der Waals surface area contributed by atoms with Crippen molar-refractivity contribution in [2.24, 2.45) is 11.8 Å². The zero-order valence-electron chi connectivity index (χ0n) is 17.0. The van der Waals surface area contributed by atoms with E-state index in [1.165, 1.54) is 0 Å². The van der Waals surface area contributed by atoms with E-state index in [4.69, 9.17) is 9.47 Å². The fourth-order valence-corrected chi connectivity index (χ4v) is 3.68. The van der Waals surface area contributed by atoms with Crippen molar-refractivity contribution in [3.63, 3.8) is 0 Å². The number of nitrogens with one attached hydrogen (secondary N) is 1. The number of hydrogen-bond donors (Lipinski definition) is 1. The first-order chi connectivity index (χ1) is 13.6. The van der Waals surface area contributed by atoms with Gasteiger partial charge in [-0.15, -0.1) is 0 Å². The number of piperidine rings is 1. The third-order valence-electron chi connectivity index (χ3n) is 5.42. The number of likely N-dealkylation sites (tertiary alicyclic amines) is 1. The normalized spacial score (nSPS) is 17.3. The van der Waals surface area contributed by atoms with Gasteiger partial charge in [-0.1, -0.05) is 6.07 Å². The average Bonchev–Trinajstić information content (AvgIpc) is 3.55. The van der Waals surface area contributed by atoms with Crippen LogP contribution in [0.5, 0.6) is 11.5 Å². The van der Waals surface area contributed by atoms with Crippen molar-refractivity contribution in [3.05, 3.63) is 23.8 Å². The van der Waals surface area contributed by atoms with Crippen LogP contribution in [0.1, 0.15) is 45.1 Å². The molecule has 2 fully saturated rings. The van der Waals surface area contributed by atoms with E-state index >= 15 is 0 Å². The molecule has 0 aromatic heterocycles. The molecule has 154 valence electrons. The van der Waals surface area contributed by atoms with Crippen molar-refractivity contribution < 1.29 is 19.1 Å². The first kappa shape index (κ1) is 20.5. The zero-order chi connectivity index (χ0) is 19.9. The molecule has 1 aromatic rings. The van der Waals surface area contributed by atoms with E-state index in [-0.39, 0.29) is 17.7 Å². The molecule has 0 radical (unpaired) electrons. The maximum absolute atomic E-state index is 12.5. The van der Waals surface area contributed by atoms with Gasteiger partial charge in [0, 0.05) is 31.5 Å². The van der Waals surface area contributed by atoms with Gasteiger partial charge in [0.2, 0.25) is 11.8 Å². The molecule has 1 saturated carbocycles. The number of rotatable bonds is 9. The lowest BCUT2D eigenvalue weighted by Crippen LogP contribution is -2.43. The summed E-state index contributed by atoms with van der Waals surface area (Å²) in [5, 5.41) is 3.06. The second-order valence-electron chi connectivity index (χ2n) is 7.56. The van der Waals surface area contributed by atoms with Crippen LogP contribution in [0.15, 0.2) is 18.2 Å². The van der Waals surface area contributed by atoms with Crippen LogP contribution in [0.3, 0.4) is 0 Å². The molecule has 1 aromatic carbocycles. The number of ether oxygens (including phenoxy) is 2. The summed E-state index contributed by atoms with van der Waals surface area (Å²) in [5.41, 5.74) is 1.11. The van der Waals surface area contributed by atoms with E-state index in [0.29, 0.717) is 38.8 Å². The van der Waals surface area contributed by atoms with Gasteiger partial charge in [0.05, 0.1) is 13.2 Å². The van der Waals surface area contributed by atoms with Crippen molar-refractivity contribution in [2.75, 3.05) is 32.8 Å². The number of amides is 2. The molecular formula is C22H32N2O4. The van der Waals surface area contributed by atoms with E-state index in [1.807, 2.05) is 36.9 Å². The SMILES string of the molecule is CCOc1ccc(CCNC(=O)C2CCN(C(=O)C3CC3)CC2)cc1OCC. The van der Waals surface area contributed by atoms with Gasteiger partial charge in [-0.2, -0.15) is 0 Å². The summed E-state index contributed by atoms with van der Waals surface area (Å²) in [6.07, 6.45) is 4.35. The van der Waals surface area contributed by atoms with Crippen molar-refractivity contribution >= 4 is 11.8 Å². The minimum absolute atomic E-state index is 0.0163. The minimum Gasteiger partial charge on any atom is -0.490 e. The number of nitrogens with zero attached hydrogens (tertiary/aromatic N) is 1. The molecule has 1 saturated heterocycles. The van der Waals surface area contributed by atoms with Crippen LogP contribution in [-0.4, -0.2) is 49.6 Å².